The Balaban J connectivity index is 1.50. The van der Waals surface area contributed by atoms with Crippen LogP contribution in [0, 0.1) is 0 Å². The molecule has 0 saturated carbocycles. The number of hydrogen-bond donors (Lipinski definition) is 3. The number of carbonyl (C=O) groups is 1. The van der Waals surface area contributed by atoms with Gasteiger partial charge < -0.3 is 16.0 Å². The summed E-state index contributed by atoms with van der Waals surface area (Å²) in [5.74, 6) is -0.273. The van der Waals surface area contributed by atoms with E-state index in [1.54, 1.807) is 25.2 Å². The second-order valence-corrected chi connectivity index (χ2v) is 12.4. The quantitative estimate of drug-likeness (QED) is 0.318. The van der Waals surface area contributed by atoms with Crippen molar-refractivity contribution in [2.24, 2.45) is 0 Å². The summed E-state index contributed by atoms with van der Waals surface area (Å²) in [6, 6.07) is 22.8. The third kappa shape index (κ3) is 6.13. The van der Waals surface area contributed by atoms with Gasteiger partial charge in [0.25, 0.3) is 5.91 Å². The lowest BCUT2D eigenvalue weighted by Crippen LogP contribution is -2.42. The number of unbranched alkanes of at least 4 members (excludes halogenated alkanes) is 1. The van der Waals surface area contributed by atoms with Crippen LogP contribution in [0.15, 0.2) is 77.7 Å². The van der Waals surface area contributed by atoms with E-state index in [2.05, 4.69) is 33.0 Å². The third-order valence-electron chi connectivity index (χ3n) is 7.42. The van der Waals surface area contributed by atoms with Crippen LogP contribution in [0.1, 0.15) is 36.5 Å². The summed E-state index contributed by atoms with van der Waals surface area (Å²) in [6.45, 7) is 7.45. The number of nitrogens with zero attached hydrogens (tertiary/aromatic N) is 2. The maximum atomic E-state index is 13.4. The summed E-state index contributed by atoms with van der Waals surface area (Å²) >= 11 is 0. The second kappa shape index (κ2) is 12.3. The van der Waals surface area contributed by atoms with E-state index >= 15 is 0 Å². The highest BCUT2D eigenvalue weighted by molar-refractivity contribution is 7.89. The van der Waals surface area contributed by atoms with Crippen LogP contribution in [-0.4, -0.2) is 63.3 Å². The number of fused-ring (bicyclic) bond motifs is 1. The summed E-state index contributed by atoms with van der Waals surface area (Å²) in [5, 5.41) is 9.79. The smallest absolute Gasteiger partial charge is 0.258 e. The molecule has 3 aromatic rings. The summed E-state index contributed by atoms with van der Waals surface area (Å²) in [4.78, 5) is 16.0. The van der Waals surface area contributed by atoms with Gasteiger partial charge in [-0.1, -0.05) is 55.8 Å². The molecule has 3 N–H and O–H groups in total. The molecule has 210 valence electrons. The van der Waals surface area contributed by atoms with Gasteiger partial charge in [-0.05, 0) is 47.9 Å². The Labute approximate surface area is 237 Å². The first-order chi connectivity index (χ1) is 19.4. The lowest BCUT2D eigenvalue weighted by Gasteiger charge is -2.27. The molecule has 0 aromatic heterocycles. The number of piperazine rings is 1. The van der Waals surface area contributed by atoms with E-state index in [0.29, 0.717) is 29.1 Å². The fourth-order valence-electron chi connectivity index (χ4n) is 5.08. The molecular formula is C31H37N5O3S. The van der Waals surface area contributed by atoms with Crippen LogP contribution in [0.25, 0.3) is 11.3 Å². The highest BCUT2D eigenvalue weighted by Gasteiger charge is 2.31. The van der Waals surface area contributed by atoms with Crippen molar-refractivity contribution in [1.82, 2.24) is 14.5 Å². The topological polar surface area (TPSA) is 93.8 Å². The number of amides is 1. The highest BCUT2D eigenvalue weighted by Crippen LogP contribution is 2.39. The van der Waals surface area contributed by atoms with Gasteiger partial charge in [0.1, 0.15) is 0 Å². The van der Waals surface area contributed by atoms with Gasteiger partial charge in [-0.25, -0.2) is 12.7 Å². The molecule has 0 atom stereocenters. The lowest BCUT2D eigenvalue weighted by molar-refractivity contribution is -0.110. The number of sulfonamides is 1. The van der Waals surface area contributed by atoms with Crippen molar-refractivity contribution >= 4 is 38.6 Å². The van der Waals surface area contributed by atoms with Gasteiger partial charge in [-0.3, -0.25) is 9.69 Å². The average molecular weight is 560 g/mol. The molecule has 1 fully saturated rings. The predicted octanol–water partition coefficient (Wildman–Crippen LogP) is 4.44. The zero-order valence-electron chi connectivity index (χ0n) is 23.1. The molecule has 0 bridgehead atoms. The Hall–Kier alpha value is -3.50. The minimum Gasteiger partial charge on any atom is -0.354 e. The fraction of sp³-hybridized carbons (Fsp3) is 0.323. The van der Waals surface area contributed by atoms with Crippen molar-refractivity contribution in [2.75, 3.05) is 50.4 Å². The standard InChI is InChI=1S/C31H37N5O3S/c1-3-4-18-35(2)40(38,39)26-14-15-28-27(21-26)29(31(37)34-28)30(24-8-6-5-7-9-24)33-25-12-10-23(11-13-25)22-36-19-16-32-17-20-36/h5-15,21,32-33H,3-4,16-20,22H2,1-2H3,(H,34,37)/b30-29-. The first kappa shape index (κ1) is 28.0. The molecule has 8 nitrogen and oxygen atoms in total. The molecular weight excluding hydrogens is 522 g/mol. The van der Waals surface area contributed by atoms with Crippen LogP contribution in [0.3, 0.4) is 0 Å². The van der Waals surface area contributed by atoms with Crippen molar-refractivity contribution in [2.45, 2.75) is 31.2 Å². The molecule has 2 heterocycles. The van der Waals surface area contributed by atoms with E-state index in [1.807, 2.05) is 49.4 Å². The van der Waals surface area contributed by atoms with Crippen LogP contribution < -0.4 is 16.0 Å². The van der Waals surface area contributed by atoms with E-state index < -0.39 is 10.0 Å². The van der Waals surface area contributed by atoms with E-state index in [-0.39, 0.29) is 10.8 Å². The van der Waals surface area contributed by atoms with Crippen molar-refractivity contribution in [3.8, 4) is 0 Å². The van der Waals surface area contributed by atoms with E-state index in [1.165, 1.54) is 9.87 Å². The SMILES string of the molecule is CCCCN(C)S(=O)(=O)c1ccc2c(c1)/C(=C(/Nc1ccc(CN3CCNCC3)cc1)c1ccccc1)C(=O)N2. The van der Waals surface area contributed by atoms with Gasteiger partial charge >= 0.3 is 0 Å². The van der Waals surface area contributed by atoms with E-state index in [0.717, 1.165) is 56.8 Å². The van der Waals surface area contributed by atoms with Crippen molar-refractivity contribution in [3.63, 3.8) is 0 Å². The van der Waals surface area contributed by atoms with Crippen LogP contribution in [0.4, 0.5) is 11.4 Å². The van der Waals surface area contributed by atoms with Gasteiger partial charge in [0.2, 0.25) is 10.0 Å². The van der Waals surface area contributed by atoms with Crippen molar-refractivity contribution in [3.05, 3.63) is 89.5 Å². The molecule has 40 heavy (non-hydrogen) atoms. The third-order valence-corrected chi connectivity index (χ3v) is 9.27. The number of benzene rings is 3. The molecule has 1 amide bonds. The second-order valence-electron chi connectivity index (χ2n) is 10.3. The lowest BCUT2D eigenvalue weighted by atomic mass is 10.00. The normalized spacial score (nSPS) is 17.0. The van der Waals surface area contributed by atoms with Gasteiger partial charge in [0.15, 0.2) is 0 Å². The van der Waals surface area contributed by atoms with Gasteiger partial charge in [0, 0.05) is 63.3 Å². The Morgan fingerprint density at radius 3 is 2.42 bits per heavy atom. The largest absolute Gasteiger partial charge is 0.354 e. The fourth-order valence-corrected chi connectivity index (χ4v) is 6.32. The minimum absolute atomic E-state index is 0.170. The van der Waals surface area contributed by atoms with Gasteiger partial charge in [0.05, 0.1) is 16.2 Å². The summed E-state index contributed by atoms with van der Waals surface area (Å²) < 4.78 is 28.0. The van der Waals surface area contributed by atoms with Gasteiger partial charge in [-0.15, -0.1) is 0 Å². The van der Waals surface area contributed by atoms with Crippen LogP contribution in [0.5, 0.6) is 0 Å². The maximum Gasteiger partial charge on any atom is 0.258 e. The molecule has 2 aliphatic rings. The predicted molar refractivity (Wildman–Crippen MR) is 161 cm³/mol. The molecule has 0 spiro atoms. The molecule has 5 rings (SSSR count). The Kier molecular flexibility index (Phi) is 8.66. The van der Waals surface area contributed by atoms with Crippen LogP contribution in [-0.2, 0) is 21.4 Å². The average Bonchev–Trinajstić information content (AvgIpc) is 3.31. The highest BCUT2D eigenvalue weighted by atomic mass is 32.2. The minimum atomic E-state index is -3.70. The number of hydrogen-bond acceptors (Lipinski definition) is 6. The van der Waals surface area contributed by atoms with Crippen molar-refractivity contribution < 1.29 is 13.2 Å². The van der Waals surface area contributed by atoms with Gasteiger partial charge in [-0.2, -0.15) is 0 Å². The zero-order valence-corrected chi connectivity index (χ0v) is 23.9. The first-order valence-electron chi connectivity index (χ1n) is 13.9. The Morgan fingerprint density at radius 1 is 1.00 bits per heavy atom. The molecule has 0 aliphatic carbocycles. The number of anilines is 2. The maximum absolute atomic E-state index is 13.4. The summed E-state index contributed by atoms with van der Waals surface area (Å²) in [6.07, 6.45) is 1.68. The Bertz CT molecular complexity index is 1480. The molecule has 2 aliphatic heterocycles. The number of carbonyl (C=O) groups excluding carboxylic acids is 1. The molecule has 9 heteroatoms. The van der Waals surface area contributed by atoms with E-state index in [4.69, 9.17) is 0 Å². The molecule has 0 unspecified atom stereocenters. The van der Waals surface area contributed by atoms with E-state index in [9.17, 15) is 13.2 Å². The summed E-state index contributed by atoms with van der Waals surface area (Å²) in [7, 11) is -2.10. The Morgan fingerprint density at radius 2 is 1.73 bits per heavy atom. The molecule has 3 aromatic carbocycles. The number of nitrogens with one attached hydrogen (secondary N) is 3. The zero-order chi connectivity index (χ0) is 28.1. The monoisotopic (exact) mass is 559 g/mol. The number of rotatable bonds is 10. The first-order valence-corrected chi connectivity index (χ1v) is 15.3. The van der Waals surface area contributed by atoms with Crippen LogP contribution in [0.2, 0.25) is 0 Å². The summed E-state index contributed by atoms with van der Waals surface area (Å²) in [5.41, 5.74) is 5.11. The molecule has 0 radical (unpaired) electrons. The molecule has 1 saturated heterocycles. The van der Waals surface area contributed by atoms with Crippen molar-refractivity contribution in [1.29, 1.82) is 0 Å². The van der Waals surface area contributed by atoms with Crippen LogP contribution >= 0.6 is 0 Å².